The van der Waals surface area contributed by atoms with E-state index in [1.165, 1.54) is 11.6 Å². The van der Waals surface area contributed by atoms with Gasteiger partial charge in [0.25, 0.3) is 0 Å². The number of aromatic carboxylic acids is 1. The maximum absolute atomic E-state index is 10.8. The van der Waals surface area contributed by atoms with Crippen LogP contribution in [0, 0.1) is 0 Å². The summed E-state index contributed by atoms with van der Waals surface area (Å²) < 4.78 is 0. The second-order valence-corrected chi connectivity index (χ2v) is 4.61. The number of carboxylic acids is 1. The van der Waals surface area contributed by atoms with Crippen molar-refractivity contribution in [1.29, 1.82) is 0 Å². The maximum Gasteiger partial charge on any atom is 0.354 e. The summed E-state index contributed by atoms with van der Waals surface area (Å²) in [5.74, 6) is -0.0153. The lowest BCUT2D eigenvalue weighted by Crippen LogP contribution is -2.02. The monoisotopic (exact) mass is 256 g/mol. The van der Waals surface area contributed by atoms with Gasteiger partial charge in [-0.05, 0) is 35.7 Å². The van der Waals surface area contributed by atoms with Gasteiger partial charge in [0.1, 0.15) is 5.82 Å². The molecule has 2 aromatic rings. The van der Waals surface area contributed by atoms with Crippen molar-refractivity contribution in [3.8, 4) is 0 Å². The molecule has 1 heterocycles. The minimum atomic E-state index is -1.03. The van der Waals surface area contributed by atoms with E-state index in [2.05, 4.69) is 24.1 Å². The molecule has 1 aromatic carbocycles. The van der Waals surface area contributed by atoms with Gasteiger partial charge in [-0.3, -0.25) is 0 Å². The van der Waals surface area contributed by atoms with Gasteiger partial charge in [0.15, 0.2) is 5.69 Å². The quantitative estimate of drug-likeness (QED) is 0.876. The van der Waals surface area contributed by atoms with Crippen LogP contribution >= 0.6 is 0 Å². The van der Waals surface area contributed by atoms with Gasteiger partial charge in [-0.25, -0.2) is 9.78 Å². The van der Waals surface area contributed by atoms with Gasteiger partial charge in [0.2, 0.25) is 0 Å². The van der Waals surface area contributed by atoms with Gasteiger partial charge in [0.05, 0.1) is 0 Å². The van der Waals surface area contributed by atoms with Crippen LogP contribution in [0.3, 0.4) is 0 Å². The van der Waals surface area contributed by atoms with Gasteiger partial charge in [-0.15, -0.1) is 0 Å². The Bertz CT molecular complexity index is 577. The van der Waals surface area contributed by atoms with E-state index in [0.29, 0.717) is 11.7 Å². The summed E-state index contributed by atoms with van der Waals surface area (Å²) in [6.07, 6.45) is 0. The number of benzene rings is 1. The van der Waals surface area contributed by atoms with Crippen molar-refractivity contribution in [2.45, 2.75) is 19.8 Å². The van der Waals surface area contributed by atoms with Crippen molar-refractivity contribution < 1.29 is 9.90 Å². The van der Waals surface area contributed by atoms with Crippen molar-refractivity contribution >= 4 is 17.5 Å². The molecule has 2 rings (SSSR count). The minimum Gasteiger partial charge on any atom is -0.477 e. The molecule has 0 amide bonds. The number of carboxylic acid groups (broad SMARTS) is 1. The third kappa shape index (κ3) is 3.31. The molecule has 0 aliphatic rings. The number of hydrogen-bond donors (Lipinski definition) is 2. The first kappa shape index (κ1) is 13.1. The Hall–Kier alpha value is -2.36. The van der Waals surface area contributed by atoms with E-state index < -0.39 is 5.97 Å². The molecule has 19 heavy (non-hydrogen) atoms. The van der Waals surface area contributed by atoms with Crippen LogP contribution in [0.1, 0.15) is 35.8 Å². The van der Waals surface area contributed by atoms with Gasteiger partial charge in [-0.1, -0.05) is 32.0 Å². The molecule has 0 atom stereocenters. The van der Waals surface area contributed by atoms with Gasteiger partial charge >= 0.3 is 5.97 Å². The Morgan fingerprint density at radius 1 is 1.16 bits per heavy atom. The third-order valence-electron chi connectivity index (χ3n) is 2.82. The van der Waals surface area contributed by atoms with Crippen LogP contribution in [0.5, 0.6) is 0 Å². The lowest BCUT2D eigenvalue weighted by atomic mass is 10.0. The molecule has 0 aliphatic carbocycles. The Morgan fingerprint density at radius 3 is 2.42 bits per heavy atom. The maximum atomic E-state index is 10.8. The molecule has 0 unspecified atom stereocenters. The van der Waals surface area contributed by atoms with Crippen molar-refractivity contribution in [2.75, 3.05) is 5.32 Å². The average molecular weight is 256 g/mol. The number of rotatable bonds is 4. The highest BCUT2D eigenvalue weighted by Gasteiger charge is 2.05. The summed E-state index contributed by atoms with van der Waals surface area (Å²) >= 11 is 0. The van der Waals surface area contributed by atoms with Crippen LogP contribution < -0.4 is 5.32 Å². The average Bonchev–Trinajstić information content (AvgIpc) is 2.39. The number of carbonyl (C=O) groups is 1. The van der Waals surface area contributed by atoms with Gasteiger partial charge in [0, 0.05) is 5.69 Å². The summed E-state index contributed by atoms with van der Waals surface area (Å²) in [5, 5.41) is 12.0. The number of pyridine rings is 1. The molecule has 98 valence electrons. The number of aromatic nitrogens is 1. The zero-order valence-electron chi connectivity index (χ0n) is 10.9. The van der Waals surface area contributed by atoms with Crippen LogP contribution in [0.15, 0.2) is 42.5 Å². The predicted molar refractivity (Wildman–Crippen MR) is 75.0 cm³/mol. The lowest BCUT2D eigenvalue weighted by Gasteiger charge is -2.09. The van der Waals surface area contributed by atoms with Crippen LogP contribution in [0.2, 0.25) is 0 Å². The topological polar surface area (TPSA) is 62.2 Å². The fourth-order valence-electron chi connectivity index (χ4n) is 1.72. The van der Waals surface area contributed by atoms with E-state index in [1.54, 1.807) is 12.1 Å². The highest BCUT2D eigenvalue weighted by Crippen LogP contribution is 2.19. The summed E-state index contributed by atoms with van der Waals surface area (Å²) in [7, 11) is 0. The molecule has 2 N–H and O–H groups in total. The Kier molecular flexibility index (Phi) is 3.80. The first-order chi connectivity index (χ1) is 9.06. The number of hydrogen-bond acceptors (Lipinski definition) is 3. The molecule has 0 aliphatic heterocycles. The second-order valence-electron chi connectivity index (χ2n) is 4.61. The lowest BCUT2D eigenvalue weighted by molar-refractivity contribution is 0.0690. The molecule has 0 fully saturated rings. The number of nitrogens with zero attached hydrogens (tertiary/aromatic N) is 1. The smallest absolute Gasteiger partial charge is 0.354 e. The third-order valence-corrected chi connectivity index (χ3v) is 2.82. The highest BCUT2D eigenvalue weighted by atomic mass is 16.4. The van der Waals surface area contributed by atoms with Crippen molar-refractivity contribution in [3.05, 3.63) is 53.7 Å². The first-order valence-corrected chi connectivity index (χ1v) is 6.13. The fourth-order valence-corrected chi connectivity index (χ4v) is 1.72. The molecule has 4 nitrogen and oxygen atoms in total. The second kappa shape index (κ2) is 5.52. The van der Waals surface area contributed by atoms with Crippen molar-refractivity contribution in [3.63, 3.8) is 0 Å². The van der Waals surface area contributed by atoms with E-state index in [4.69, 9.17) is 5.11 Å². The first-order valence-electron chi connectivity index (χ1n) is 6.13. The molecule has 0 saturated carbocycles. The number of nitrogens with one attached hydrogen (secondary N) is 1. The van der Waals surface area contributed by atoms with E-state index in [9.17, 15) is 4.79 Å². The van der Waals surface area contributed by atoms with E-state index in [1.807, 2.05) is 24.3 Å². The zero-order valence-corrected chi connectivity index (χ0v) is 10.9. The summed E-state index contributed by atoms with van der Waals surface area (Å²) in [6.45, 7) is 4.28. The fraction of sp³-hybridized carbons (Fsp3) is 0.200. The minimum absolute atomic E-state index is 0.0313. The largest absolute Gasteiger partial charge is 0.477 e. The number of anilines is 2. The van der Waals surface area contributed by atoms with Crippen LogP contribution in [-0.2, 0) is 0 Å². The summed E-state index contributed by atoms with van der Waals surface area (Å²) in [6, 6.07) is 12.9. The summed E-state index contributed by atoms with van der Waals surface area (Å²) in [4.78, 5) is 14.8. The van der Waals surface area contributed by atoms with Crippen molar-refractivity contribution in [2.24, 2.45) is 0 Å². The molecular formula is C15H16N2O2. The van der Waals surface area contributed by atoms with Crippen LogP contribution in [0.4, 0.5) is 11.5 Å². The molecule has 0 spiro atoms. The Labute approximate surface area is 112 Å². The van der Waals surface area contributed by atoms with E-state index in [0.717, 1.165) is 5.69 Å². The zero-order chi connectivity index (χ0) is 13.8. The predicted octanol–water partition coefficient (Wildman–Crippen LogP) is 3.65. The molecule has 1 aromatic heterocycles. The normalized spacial score (nSPS) is 10.5. The van der Waals surface area contributed by atoms with Crippen LogP contribution in [0.25, 0.3) is 0 Å². The van der Waals surface area contributed by atoms with E-state index in [-0.39, 0.29) is 5.69 Å². The standard InChI is InChI=1S/C15H16N2O2/c1-10(2)11-6-8-12(9-7-11)16-14-5-3-4-13(17-14)15(18)19/h3-10H,1-2H3,(H,16,17)(H,18,19). The Balaban J connectivity index is 2.16. The molecular weight excluding hydrogens is 240 g/mol. The van der Waals surface area contributed by atoms with E-state index >= 15 is 0 Å². The molecule has 0 saturated heterocycles. The van der Waals surface area contributed by atoms with Crippen LogP contribution in [-0.4, -0.2) is 16.1 Å². The van der Waals surface area contributed by atoms with Gasteiger partial charge in [-0.2, -0.15) is 0 Å². The SMILES string of the molecule is CC(C)c1ccc(Nc2cccc(C(=O)O)n2)cc1. The summed E-state index contributed by atoms with van der Waals surface area (Å²) in [5.41, 5.74) is 2.18. The Morgan fingerprint density at radius 2 is 1.84 bits per heavy atom. The molecule has 4 heteroatoms. The van der Waals surface area contributed by atoms with Gasteiger partial charge < -0.3 is 10.4 Å². The molecule has 0 bridgehead atoms. The van der Waals surface area contributed by atoms with Crippen molar-refractivity contribution in [1.82, 2.24) is 4.98 Å². The highest BCUT2D eigenvalue weighted by molar-refractivity contribution is 5.85. The molecule has 0 radical (unpaired) electrons.